The largest absolute Gasteiger partial charge is 0.495 e. The fourth-order valence-electron chi connectivity index (χ4n) is 3.49. The number of hydrogen-bond donors (Lipinski definition) is 1. The van der Waals surface area contributed by atoms with Gasteiger partial charge in [-0.2, -0.15) is 0 Å². The van der Waals surface area contributed by atoms with Gasteiger partial charge in [0.2, 0.25) is 0 Å². The minimum atomic E-state index is -0.238. The number of benzene rings is 3. The molecule has 5 nitrogen and oxygen atoms in total. The molecule has 28 heavy (non-hydrogen) atoms. The summed E-state index contributed by atoms with van der Waals surface area (Å²) >= 11 is 6.47. The lowest BCUT2D eigenvalue weighted by atomic mass is 10.0. The predicted octanol–water partition coefficient (Wildman–Crippen LogP) is 4.59. The molecule has 6 heteroatoms. The molecule has 1 fully saturated rings. The first-order valence-electron chi connectivity index (χ1n) is 9.16. The van der Waals surface area contributed by atoms with Crippen molar-refractivity contribution < 1.29 is 14.3 Å². The maximum Gasteiger partial charge on any atom is 0.259 e. The van der Waals surface area contributed by atoms with Crippen molar-refractivity contribution in [3.63, 3.8) is 0 Å². The highest BCUT2D eigenvalue weighted by Gasteiger charge is 2.17. The summed E-state index contributed by atoms with van der Waals surface area (Å²) in [6, 6.07) is 17.1. The van der Waals surface area contributed by atoms with Gasteiger partial charge in [-0.05, 0) is 29.7 Å². The minimum Gasteiger partial charge on any atom is -0.495 e. The van der Waals surface area contributed by atoms with Crippen LogP contribution in [0.15, 0.2) is 54.6 Å². The molecular weight excluding hydrogens is 376 g/mol. The monoisotopic (exact) mass is 396 g/mol. The first kappa shape index (κ1) is 18.6. The number of methoxy groups -OCH3 is 1. The third kappa shape index (κ3) is 3.63. The van der Waals surface area contributed by atoms with Crippen molar-refractivity contribution in [3.8, 4) is 5.75 Å². The Bertz CT molecular complexity index is 1020. The number of anilines is 2. The zero-order chi connectivity index (χ0) is 19.5. The Morgan fingerprint density at radius 3 is 2.64 bits per heavy atom. The number of halogens is 1. The van der Waals surface area contributed by atoms with Crippen LogP contribution in [0.5, 0.6) is 5.75 Å². The van der Waals surface area contributed by atoms with Crippen LogP contribution in [0.4, 0.5) is 11.4 Å². The van der Waals surface area contributed by atoms with Crippen LogP contribution in [0, 0.1) is 0 Å². The molecule has 3 aromatic carbocycles. The molecule has 1 saturated heterocycles. The molecule has 144 valence electrons. The van der Waals surface area contributed by atoms with Crippen LogP contribution in [0.25, 0.3) is 10.8 Å². The zero-order valence-electron chi connectivity index (χ0n) is 15.6. The lowest BCUT2D eigenvalue weighted by Crippen LogP contribution is -2.36. The van der Waals surface area contributed by atoms with Gasteiger partial charge in [0.15, 0.2) is 0 Å². The van der Waals surface area contributed by atoms with Gasteiger partial charge in [-0.1, -0.05) is 41.9 Å². The number of nitrogens with zero attached hydrogens (tertiary/aromatic N) is 1. The van der Waals surface area contributed by atoms with E-state index >= 15 is 0 Å². The van der Waals surface area contributed by atoms with Crippen LogP contribution in [0.3, 0.4) is 0 Å². The van der Waals surface area contributed by atoms with E-state index in [-0.39, 0.29) is 5.91 Å². The van der Waals surface area contributed by atoms with Gasteiger partial charge in [0.25, 0.3) is 5.91 Å². The van der Waals surface area contributed by atoms with Crippen LogP contribution in [0.1, 0.15) is 10.4 Å². The molecule has 1 aliphatic rings. The summed E-state index contributed by atoms with van der Waals surface area (Å²) in [7, 11) is 1.58. The van der Waals surface area contributed by atoms with Crippen molar-refractivity contribution in [2.75, 3.05) is 43.6 Å². The van der Waals surface area contributed by atoms with Crippen molar-refractivity contribution in [2.24, 2.45) is 0 Å². The molecular formula is C22H21ClN2O3. The molecule has 0 unspecified atom stereocenters. The molecule has 0 radical (unpaired) electrons. The van der Waals surface area contributed by atoms with Crippen LogP contribution in [0.2, 0.25) is 5.02 Å². The van der Waals surface area contributed by atoms with Gasteiger partial charge < -0.3 is 19.7 Å². The molecule has 0 aliphatic carbocycles. The van der Waals surface area contributed by atoms with Crippen LogP contribution in [-0.4, -0.2) is 39.3 Å². The molecule has 1 amide bonds. The normalized spacial score (nSPS) is 14.1. The third-order valence-corrected chi connectivity index (χ3v) is 5.19. The Morgan fingerprint density at radius 1 is 1.11 bits per heavy atom. The highest BCUT2D eigenvalue weighted by molar-refractivity contribution is 6.33. The summed E-state index contributed by atoms with van der Waals surface area (Å²) in [6.07, 6.45) is 0. The molecule has 1 heterocycles. The van der Waals surface area contributed by atoms with Crippen LogP contribution in [-0.2, 0) is 4.74 Å². The van der Waals surface area contributed by atoms with Gasteiger partial charge in [0.05, 0.1) is 36.6 Å². The van der Waals surface area contributed by atoms with Gasteiger partial charge in [0.1, 0.15) is 5.75 Å². The number of nitrogens with one attached hydrogen (secondary N) is 1. The van der Waals surface area contributed by atoms with E-state index in [1.54, 1.807) is 19.2 Å². The quantitative estimate of drug-likeness (QED) is 0.700. The molecule has 1 N–H and O–H groups in total. The second-order valence-corrected chi connectivity index (χ2v) is 6.99. The topological polar surface area (TPSA) is 50.8 Å². The Balaban J connectivity index is 1.58. The third-order valence-electron chi connectivity index (χ3n) is 4.89. The van der Waals surface area contributed by atoms with E-state index in [2.05, 4.69) is 10.2 Å². The number of carbonyl (C=O) groups is 1. The van der Waals surface area contributed by atoms with E-state index in [9.17, 15) is 4.79 Å². The van der Waals surface area contributed by atoms with E-state index in [0.717, 1.165) is 29.5 Å². The summed E-state index contributed by atoms with van der Waals surface area (Å²) in [5.41, 5.74) is 2.07. The average molecular weight is 397 g/mol. The van der Waals surface area contributed by atoms with E-state index in [0.29, 0.717) is 35.2 Å². The molecule has 0 spiro atoms. The highest BCUT2D eigenvalue weighted by Crippen LogP contribution is 2.32. The average Bonchev–Trinajstić information content (AvgIpc) is 2.73. The maximum atomic E-state index is 12.9. The summed E-state index contributed by atoms with van der Waals surface area (Å²) in [4.78, 5) is 15.1. The van der Waals surface area contributed by atoms with E-state index in [1.807, 2.05) is 42.5 Å². The Morgan fingerprint density at radius 2 is 1.89 bits per heavy atom. The van der Waals surface area contributed by atoms with Crippen molar-refractivity contribution in [2.45, 2.75) is 0 Å². The van der Waals surface area contributed by atoms with Gasteiger partial charge in [0, 0.05) is 24.2 Å². The lowest BCUT2D eigenvalue weighted by Gasteiger charge is -2.29. The molecule has 3 aromatic rings. The summed E-state index contributed by atoms with van der Waals surface area (Å²) in [6.45, 7) is 2.99. The van der Waals surface area contributed by atoms with Gasteiger partial charge in [-0.15, -0.1) is 0 Å². The molecule has 1 aliphatic heterocycles. The standard InChI is InChI=1S/C22H21ClN2O3/c1-27-21-17-5-3-2-4-15(17)6-8-18(21)22(26)24-16-7-9-20(19(23)14-16)25-10-12-28-13-11-25/h2-9,14H,10-13H2,1H3,(H,24,26). The van der Waals surface area contributed by atoms with E-state index in [1.165, 1.54) is 0 Å². The maximum absolute atomic E-state index is 12.9. The Labute approximate surface area is 168 Å². The van der Waals surface area contributed by atoms with Crippen molar-refractivity contribution >= 4 is 39.7 Å². The smallest absolute Gasteiger partial charge is 0.259 e. The number of fused-ring (bicyclic) bond motifs is 1. The number of morpholine rings is 1. The van der Waals surface area contributed by atoms with Gasteiger partial charge in [-0.3, -0.25) is 4.79 Å². The number of amides is 1. The fraction of sp³-hybridized carbons (Fsp3) is 0.227. The highest BCUT2D eigenvalue weighted by atomic mass is 35.5. The summed E-state index contributed by atoms with van der Waals surface area (Å²) in [5, 5.41) is 5.45. The second kappa shape index (κ2) is 8.09. The fourth-order valence-corrected chi connectivity index (χ4v) is 3.79. The van der Waals surface area contributed by atoms with Crippen LogP contribution < -0.4 is 15.0 Å². The Kier molecular flexibility index (Phi) is 5.37. The van der Waals surface area contributed by atoms with Crippen LogP contribution >= 0.6 is 11.6 Å². The van der Waals surface area contributed by atoms with Gasteiger partial charge >= 0.3 is 0 Å². The summed E-state index contributed by atoms with van der Waals surface area (Å²) in [5.74, 6) is 0.324. The summed E-state index contributed by atoms with van der Waals surface area (Å²) < 4.78 is 10.9. The molecule has 0 atom stereocenters. The van der Waals surface area contributed by atoms with E-state index < -0.39 is 0 Å². The molecule has 0 bridgehead atoms. The minimum absolute atomic E-state index is 0.238. The lowest BCUT2D eigenvalue weighted by molar-refractivity contribution is 0.102. The molecule has 0 saturated carbocycles. The Hall–Kier alpha value is -2.76. The van der Waals surface area contributed by atoms with E-state index in [4.69, 9.17) is 21.1 Å². The zero-order valence-corrected chi connectivity index (χ0v) is 16.3. The van der Waals surface area contributed by atoms with Crippen molar-refractivity contribution in [3.05, 3.63) is 65.2 Å². The number of carbonyl (C=O) groups excluding carboxylic acids is 1. The van der Waals surface area contributed by atoms with Crippen molar-refractivity contribution in [1.82, 2.24) is 0 Å². The first-order chi connectivity index (χ1) is 13.7. The second-order valence-electron chi connectivity index (χ2n) is 6.59. The molecule has 4 rings (SSSR count). The SMILES string of the molecule is COc1c(C(=O)Nc2ccc(N3CCOCC3)c(Cl)c2)ccc2ccccc12. The number of hydrogen-bond acceptors (Lipinski definition) is 4. The first-order valence-corrected chi connectivity index (χ1v) is 9.54. The van der Waals surface area contributed by atoms with Gasteiger partial charge in [-0.25, -0.2) is 0 Å². The number of rotatable bonds is 4. The number of ether oxygens (including phenoxy) is 2. The van der Waals surface area contributed by atoms with Crippen molar-refractivity contribution in [1.29, 1.82) is 0 Å². The predicted molar refractivity (Wildman–Crippen MR) is 113 cm³/mol. The molecule has 0 aromatic heterocycles.